The Hall–Kier alpha value is -4.45. The van der Waals surface area contributed by atoms with Crippen molar-refractivity contribution in [2.24, 2.45) is 23.7 Å². The van der Waals surface area contributed by atoms with Crippen molar-refractivity contribution >= 4 is 23.5 Å². The zero-order valence-corrected chi connectivity index (χ0v) is 21.3. The third kappa shape index (κ3) is 4.78. The van der Waals surface area contributed by atoms with Crippen LogP contribution in [0.5, 0.6) is 5.75 Å². The summed E-state index contributed by atoms with van der Waals surface area (Å²) in [6, 6.07) is 22.7. The molecule has 1 aliphatic heterocycles. The molecule has 2 N–H and O–H groups in total. The monoisotopic (exact) mass is 519 g/mol. The molecule has 2 unspecified atom stereocenters. The van der Waals surface area contributed by atoms with Crippen molar-refractivity contribution in [2.45, 2.75) is 25.2 Å². The second kappa shape index (κ2) is 10.4. The van der Waals surface area contributed by atoms with Gasteiger partial charge in [0.1, 0.15) is 5.75 Å². The van der Waals surface area contributed by atoms with Crippen LogP contribution in [-0.2, 0) is 20.8 Å². The summed E-state index contributed by atoms with van der Waals surface area (Å²) in [5, 5.41) is 13.1. The maximum atomic E-state index is 13.8. The van der Waals surface area contributed by atoms with Gasteiger partial charge in [0.2, 0.25) is 5.91 Å². The lowest BCUT2D eigenvalue weighted by Gasteiger charge is -2.51. The fraction of sp³-hybridized carbons (Fsp3) is 0.242. The number of carbonyl (C=O) groups excluding carboxylic acids is 2. The number of ether oxygens (including phenoxy) is 1. The van der Waals surface area contributed by atoms with Crippen LogP contribution in [0.1, 0.15) is 29.9 Å². The number of aryl methyl sites for hydroxylation is 1. The minimum Gasteiger partial charge on any atom is -0.481 e. The van der Waals surface area contributed by atoms with E-state index in [0.717, 1.165) is 27.9 Å². The fourth-order valence-corrected chi connectivity index (χ4v) is 6.40. The number of hydrogen-bond donors (Lipinski definition) is 2. The Morgan fingerprint density at radius 1 is 0.872 bits per heavy atom. The number of anilines is 1. The Balaban J connectivity index is 1.28. The summed E-state index contributed by atoms with van der Waals surface area (Å²) >= 11 is 0. The smallest absolute Gasteiger partial charge is 0.315 e. The standard InChI is InChI=1S/C33H29NO5/c35-27-17-15-24-18-23(14-16-26(24)34-27)22-12-7-13-25(19-22)39-33(38)31-28(20-8-3-1-4-9-20)30(32(36)37)29(31)21-10-5-2-6-11-21/h1-10,12-14,16,18-19,21,28-31H,11,15,17H2,(H,34,35)(H,36,37)/t21?,28?,29-,30-,31+/m0/s1. The number of nitrogens with one attached hydrogen (secondary N) is 1. The summed E-state index contributed by atoms with van der Waals surface area (Å²) in [5.74, 6) is -2.95. The third-order valence-corrected chi connectivity index (χ3v) is 8.24. The van der Waals surface area contributed by atoms with Gasteiger partial charge in [-0.15, -0.1) is 0 Å². The van der Waals surface area contributed by atoms with Crippen LogP contribution in [0.4, 0.5) is 5.69 Å². The lowest BCUT2D eigenvalue weighted by Crippen LogP contribution is -2.56. The quantitative estimate of drug-likeness (QED) is 0.308. The van der Waals surface area contributed by atoms with Gasteiger partial charge < -0.3 is 15.2 Å². The van der Waals surface area contributed by atoms with Crippen LogP contribution in [0.15, 0.2) is 97.1 Å². The third-order valence-electron chi connectivity index (χ3n) is 8.24. The van der Waals surface area contributed by atoms with Gasteiger partial charge in [0.05, 0.1) is 11.8 Å². The van der Waals surface area contributed by atoms with Gasteiger partial charge in [0, 0.05) is 18.0 Å². The Morgan fingerprint density at radius 2 is 1.69 bits per heavy atom. The van der Waals surface area contributed by atoms with Gasteiger partial charge in [-0.05, 0) is 71.2 Å². The Kier molecular flexibility index (Phi) is 6.61. The Labute approximate surface area is 227 Å². The molecule has 0 radical (unpaired) electrons. The predicted octanol–water partition coefficient (Wildman–Crippen LogP) is 6.01. The fourth-order valence-electron chi connectivity index (χ4n) is 6.40. The van der Waals surface area contributed by atoms with Crippen molar-refractivity contribution in [1.29, 1.82) is 0 Å². The molecule has 3 aromatic rings. The van der Waals surface area contributed by atoms with Crippen LogP contribution >= 0.6 is 0 Å². The SMILES string of the molecule is O=C1CCc2cc(-c3cccc(OC(=O)[C@@H]4C(c5ccccc5)[C@H](C(=O)O)[C@@H]4C4C=CC=CC4)c3)ccc2N1. The van der Waals surface area contributed by atoms with Crippen molar-refractivity contribution in [1.82, 2.24) is 0 Å². The van der Waals surface area contributed by atoms with Crippen LogP contribution in [0.25, 0.3) is 11.1 Å². The molecule has 0 spiro atoms. The second-order valence-corrected chi connectivity index (χ2v) is 10.5. The number of allylic oxidation sites excluding steroid dienone is 4. The molecule has 3 aliphatic rings. The molecule has 1 heterocycles. The topological polar surface area (TPSA) is 92.7 Å². The number of aliphatic carboxylic acids is 1. The number of rotatable bonds is 6. The average Bonchev–Trinajstić information content (AvgIpc) is 2.93. The van der Waals surface area contributed by atoms with Gasteiger partial charge in [0.25, 0.3) is 0 Å². The van der Waals surface area contributed by atoms with Crippen LogP contribution in [-0.4, -0.2) is 23.0 Å². The van der Waals surface area contributed by atoms with E-state index < -0.39 is 29.7 Å². The summed E-state index contributed by atoms with van der Waals surface area (Å²) in [4.78, 5) is 37.9. The number of esters is 1. The molecule has 1 fully saturated rings. The van der Waals surface area contributed by atoms with Crippen molar-refractivity contribution in [3.05, 3.63) is 108 Å². The van der Waals surface area contributed by atoms with E-state index in [1.807, 2.05) is 85.0 Å². The van der Waals surface area contributed by atoms with Crippen molar-refractivity contribution in [3.63, 3.8) is 0 Å². The van der Waals surface area contributed by atoms with E-state index in [4.69, 9.17) is 4.74 Å². The number of carboxylic acids is 1. The van der Waals surface area contributed by atoms with Gasteiger partial charge in [-0.3, -0.25) is 14.4 Å². The predicted molar refractivity (Wildman–Crippen MR) is 148 cm³/mol. The van der Waals surface area contributed by atoms with Crippen LogP contribution in [0.3, 0.4) is 0 Å². The zero-order chi connectivity index (χ0) is 26.9. The van der Waals surface area contributed by atoms with Gasteiger partial charge in [-0.2, -0.15) is 0 Å². The van der Waals surface area contributed by atoms with Gasteiger partial charge in [-0.1, -0.05) is 72.8 Å². The molecule has 39 heavy (non-hydrogen) atoms. The highest BCUT2D eigenvalue weighted by atomic mass is 16.5. The highest BCUT2D eigenvalue weighted by Crippen LogP contribution is 2.57. The molecular weight excluding hydrogens is 490 g/mol. The number of fused-ring (bicyclic) bond motifs is 1. The molecule has 1 amide bonds. The summed E-state index contributed by atoms with van der Waals surface area (Å²) < 4.78 is 5.98. The molecule has 1 saturated carbocycles. The number of carbonyl (C=O) groups is 3. The lowest BCUT2D eigenvalue weighted by atomic mass is 9.50. The minimum atomic E-state index is -0.883. The first-order chi connectivity index (χ1) is 19.0. The van der Waals surface area contributed by atoms with Crippen molar-refractivity contribution < 1.29 is 24.2 Å². The summed E-state index contributed by atoms with van der Waals surface area (Å²) in [6.45, 7) is 0. The summed E-state index contributed by atoms with van der Waals surface area (Å²) in [7, 11) is 0. The average molecular weight is 520 g/mol. The molecule has 6 rings (SSSR count). The Bertz CT molecular complexity index is 1490. The molecule has 3 aromatic carbocycles. The molecular formula is C33H29NO5. The van der Waals surface area contributed by atoms with Crippen LogP contribution in [0, 0.1) is 23.7 Å². The second-order valence-electron chi connectivity index (χ2n) is 10.5. The first-order valence-electron chi connectivity index (χ1n) is 13.4. The normalized spacial score (nSPS) is 25.2. The first-order valence-corrected chi connectivity index (χ1v) is 13.4. The van der Waals surface area contributed by atoms with Crippen molar-refractivity contribution in [3.8, 4) is 16.9 Å². The maximum Gasteiger partial charge on any atom is 0.315 e. The van der Waals surface area contributed by atoms with Gasteiger partial charge >= 0.3 is 11.9 Å². The van der Waals surface area contributed by atoms with E-state index in [9.17, 15) is 19.5 Å². The molecule has 2 aliphatic carbocycles. The van der Waals surface area contributed by atoms with E-state index >= 15 is 0 Å². The molecule has 0 aromatic heterocycles. The first kappa shape index (κ1) is 24.9. The largest absolute Gasteiger partial charge is 0.481 e. The van der Waals surface area contributed by atoms with E-state index in [-0.39, 0.29) is 17.7 Å². The zero-order valence-electron chi connectivity index (χ0n) is 21.3. The van der Waals surface area contributed by atoms with E-state index in [1.54, 1.807) is 6.07 Å². The lowest BCUT2D eigenvalue weighted by molar-refractivity contribution is -0.166. The molecule has 0 saturated heterocycles. The van der Waals surface area contributed by atoms with E-state index in [0.29, 0.717) is 25.0 Å². The van der Waals surface area contributed by atoms with Gasteiger partial charge in [-0.25, -0.2) is 0 Å². The molecule has 6 nitrogen and oxygen atoms in total. The maximum absolute atomic E-state index is 13.8. The summed E-state index contributed by atoms with van der Waals surface area (Å²) in [6.07, 6.45) is 9.76. The van der Waals surface area contributed by atoms with E-state index in [1.165, 1.54) is 0 Å². The van der Waals surface area contributed by atoms with Gasteiger partial charge in [0.15, 0.2) is 0 Å². The highest BCUT2D eigenvalue weighted by molar-refractivity contribution is 5.94. The molecule has 5 atom stereocenters. The minimum absolute atomic E-state index is 0.0251. The molecule has 6 heteroatoms. The van der Waals surface area contributed by atoms with Crippen LogP contribution < -0.4 is 10.1 Å². The highest BCUT2D eigenvalue weighted by Gasteiger charge is 2.60. The number of amides is 1. The van der Waals surface area contributed by atoms with Crippen LogP contribution in [0.2, 0.25) is 0 Å². The number of carboxylic acid groups (broad SMARTS) is 1. The van der Waals surface area contributed by atoms with E-state index in [2.05, 4.69) is 11.4 Å². The summed E-state index contributed by atoms with van der Waals surface area (Å²) in [5.41, 5.74) is 4.62. The molecule has 0 bridgehead atoms. The van der Waals surface area contributed by atoms with Crippen molar-refractivity contribution in [2.75, 3.05) is 5.32 Å². The number of hydrogen-bond acceptors (Lipinski definition) is 4. The number of benzene rings is 3. The Morgan fingerprint density at radius 3 is 2.46 bits per heavy atom. The molecule has 196 valence electrons.